The molecule has 23 heavy (non-hydrogen) atoms. The quantitative estimate of drug-likeness (QED) is 0.686. The van der Waals surface area contributed by atoms with Crippen LogP contribution >= 0.6 is 7.14 Å². The molecule has 0 bridgehead atoms. The highest BCUT2D eigenvalue weighted by molar-refractivity contribution is 7.85. The van der Waals surface area contributed by atoms with Gasteiger partial charge in [-0.15, -0.1) is 0 Å². The summed E-state index contributed by atoms with van der Waals surface area (Å²) >= 11 is 0. The van der Waals surface area contributed by atoms with E-state index in [0.29, 0.717) is 5.75 Å². The Morgan fingerprint density at radius 3 is 1.96 bits per heavy atom. The Labute approximate surface area is 137 Å². The minimum absolute atomic E-state index is 0.653. The molecule has 0 amide bonds. The molecule has 0 aromatic heterocycles. The van der Waals surface area contributed by atoms with E-state index in [1.807, 2.05) is 85.8 Å². The minimum atomic E-state index is -2.98. The summed E-state index contributed by atoms with van der Waals surface area (Å²) in [6, 6.07) is 25.1. The van der Waals surface area contributed by atoms with Crippen LogP contribution in [0.15, 0.2) is 78.9 Å². The molecular formula is C20H19O2P. The van der Waals surface area contributed by atoms with Crippen LogP contribution in [0.1, 0.15) is 5.56 Å². The van der Waals surface area contributed by atoms with Crippen LogP contribution in [-0.4, -0.2) is 7.11 Å². The first-order chi connectivity index (χ1) is 11.2. The van der Waals surface area contributed by atoms with E-state index in [1.165, 1.54) is 0 Å². The molecule has 3 aromatic carbocycles. The van der Waals surface area contributed by atoms with Crippen molar-refractivity contribution >= 4 is 23.1 Å². The molecule has 3 rings (SSSR count). The Kier molecular flexibility index (Phi) is 4.36. The van der Waals surface area contributed by atoms with Gasteiger partial charge in [0.15, 0.2) is 7.14 Å². The molecule has 3 aromatic rings. The van der Waals surface area contributed by atoms with Crippen LogP contribution in [0.2, 0.25) is 0 Å². The zero-order valence-electron chi connectivity index (χ0n) is 13.3. The number of methoxy groups -OCH3 is 1. The molecule has 0 saturated heterocycles. The van der Waals surface area contributed by atoms with E-state index in [9.17, 15) is 4.57 Å². The van der Waals surface area contributed by atoms with E-state index in [4.69, 9.17) is 4.74 Å². The summed E-state index contributed by atoms with van der Waals surface area (Å²) in [6.45, 7) is 2.03. The first kappa shape index (κ1) is 15.6. The molecule has 1 atom stereocenters. The number of hydrogen-bond donors (Lipinski definition) is 0. The van der Waals surface area contributed by atoms with Crippen molar-refractivity contribution in [2.24, 2.45) is 0 Å². The molecule has 116 valence electrons. The van der Waals surface area contributed by atoms with Crippen molar-refractivity contribution in [1.82, 2.24) is 0 Å². The van der Waals surface area contributed by atoms with Crippen LogP contribution in [0, 0.1) is 6.92 Å². The number of hydrogen-bond acceptors (Lipinski definition) is 2. The molecule has 0 spiro atoms. The van der Waals surface area contributed by atoms with Crippen LogP contribution in [0.5, 0.6) is 5.75 Å². The van der Waals surface area contributed by atoms with Crippen molar-refractivity contribution in [3.63, 3.8) is 0 Å². The fourth-order valence-corrected chi connectivity index (χ4v) is 5.50. The monoisotopic (exact) mass is 322 g/mol. The molecule has 0 radical (unpaired) electrons. The van der Waals surface area contributed by atoms with Crippen molar-refractivity contribution in [2.75, 3.05) is 7.11 Å². The van der Waals surface area contributed by atoms with E-state index in [0.717, 1.165) is 21.5 Å². The van der Waals surface area contributed by atoms with Gasteiger partial charge in [-0.1, -0.05) is 72.3 Å². The smallest absolute Gasteiger partial charge is 0.174 e. The molecule has 3 heteroatoms. The van der Waals surface area contributed by atoms with Crippen molar-refractivity contribution < 1.29 is 9.30 Å². The molecule has 0 heterocycles. The lowest BCUT2D eigenvalue weighted by atomic mass is 10.2. The van der Waals surface area contributed by atoms with E-state index < -0.39 is 7.14 Å². The largest absolute Gasteiger partial charge is 0.496 e. The molecule has 0 N–H and O–H groups in total. The van der Waals surface area contributed by atoms with Gasteiger partial charge in [-0.2, -0.15) is 0 Å². The van der Waals surface area contributed by atoms with Crippen molar-refractivity contribution in [3.05, 3.63) is 84.4 Å². The van der Waals surface area contributed by atoms with Crippen LogP contribution < -0.4 is 20.7 Å². The van der Waals surface area contributed by atoms with Crippen LogP contribution in [0.3, 0.4) is 0 Å². The Hall–Kier alpha value is -2.31. The maximum Gasteiger partial charge on any atom is 0.174 e. The second-order valence-corrected chi connectivity index (χ2v) is 8.19. The van der Waals surface area contributed by atoms with E-state index in [1.54, 1.807) is 7.11 Å². The summed E-state index contributed by atoms with van der Waals surface area (Å²) in [4.78, 5) is 0. The maximum atomic E-state index is 14.2. The van der Waals surface area contributed by atoms with Crippen molar-refractivity contribution in [3.8, 4) is 5.75 Å². The number of benzene rings is 3. The molecule has 0 fully saturated rings. The topological polar surface area (TPSA) is 26.3 Å². The third kappa shape index (κ3) is 2.83. The fraction of sp³-hybridized carbons (Fsp3) is 0.100. The second-order valence-electron chi connectivity index (χ2n) is 5.45. The Morgan fingerprint density at radius 1 is 0.739 bits per heavy atom. The summed E-state index contributed by atoms with van der Waals surface area (Å²) in [7, 11) is -1.36. The number of aryl methyl sites for hydroxylation is 1. The normalized spacial score (nSPS) is 13.3. The molecule has 0 saturated carbocycles. The van der Waals surface area contributed by atoms with Gasteiger partial charge in [-0.3, -0.25) is 0 Å². The number of ether oxygens (including phenoxy) is 1. The van der Waals surface area contributed by atoms with Crippen molar-refractivity contribution in [1.29, 1.82) is 0 Å². The predicted octanol–water partition coefficient (Wildman–Crippen LogP) is 3.64. The van der Waals surface area contributed by atoms with Gasteiger partial charge < -0.3 is 9.30 Å². The van der Waals surface area contributed by atoms with Gasteiger partial charge in [0.25, 0.3) is 0 Å². The lowest BCUT2D eigenvalue weighted by Gasteiger charge is -2.22. The van der Waals surface area contributed by atoms with Gasteiger partial charge in [0.2, 0.25) is 0 Å². The standard InChI is InChI=1S/C20H19O2P/c1-16-12-14-18(15-13-16)23(21,17-8-4-3-5-9-17)20-11-7-6-10-19(20)22-2/h3-15H,1-2H3/t23-/m0/s1. The average Bonchev–Trinajstić information content (AvgIpc) is 2.62. The van der Waals surface area contributed by atoms with Gasteiger partial charge in [0.05, 0.1) is 12.4 Å². The first-order valence-corrected chi connectivity index (χ1v) is 9.23. The maximum absolute atomic E-state index is 14.2. The zero-order valence-corrected chi connectivity index (χ0v) is 14.2. The minimum Gasteiger partial charge on any atom is -0.496 e. The van der Waals surface area contributed by atoms with Crippen LogP contribution in [-0.2, 0) is 4.57 Å². The zero-order chi connectivity index (χ0) is 16.3. The Bertz CT molecular complexity index is 839. The molecule has 2 nitrogen and oxygen atoms in total. The van der Waals surface area contributed by atoms with Gasteiger partial charge in [0.1, 0.15) is 5.75 Å². The lowest BCUT2D eigenvalue weighted by Crippen LogP contribution is -2.26. The first-order valence-electron chi connectivity index (χ1n) is 7.53. The summed E-state index contributed by atoms with van der Waals surface area (Å²) in [5.74, 6) is 0.653. The highest BCUT2D eigenvalue weighted by Gasteiger charge is 2.32. The highest BCUT2D eigenvalue weighted by atomic mass is 31.2. The van der Waals surface area contributed by atoms with Crippen LogP contribution in [0.4, 0.5) is 0 Å². The highest BCUT2D eigenvalue weighted by Crippen LogP contribution is 2.44. The van der Waals surface area contributed by atoms with Crippen LogP contribution in [0.25, 0.3) is 0 Å². The SMILES string of the molecule is COc1ccccc1[P@](=O)(c1ccccc1)c1ccc(C)cc1. The second kappa shape index (κ2) is 6.44. The van der Waals surface area contributed by atoms with Gasteiger partial charge in [0, 0.05) is 10.6 Å². The average molecular weight is 322 g/mol. The summed E-state index contributed by atoms with van der Waals surface area (Å²) in [6.07, 6.45) is 0. The molecule has 0 aliphatic rings. The van der Waals surface area contributed by atoms with Gasteiger partial charge >= 0.3 is 0 Å². The Balaban J connectivity index is 2.31. The molecule has 0 aliphatic heterocycles. The van der Waals surface area contributed by atoms with E-state index in [-0.39, 0.29) is 0 Å². The van der Waals surface area contributed by atoms with E-state index in [2.05, 4.69) is 0 Å². The summed E-state index contributed by atoms with van der Waals surface area (Å²) in [5, 5.41) is 2.37. The number of para-hydroxylation sites is 1. The fourth-order valence-electron chi connectivity index (χ4n) is 2.71. The number of rotatable bonds is 4. The molecule has 0 unspecified atom stereocenters. The summed E-state index contributed by atoms with van der Waals surface area (Å²) < 4.78 is 19.7. The van der Waals surface area contributed by atoms with E-state index >= 15 is 0 Å². The third-order valence-corrected chi connectivity index (χ3v) is 7.04. The Morgan fingerprint density at radius 2 is 1.30 bits per heavy atom. The van der Waals surface area contributed by atoms with Gasteiger partial charge in [-0.05, 0) is 19.1 Å². The van der Waals surface area contributed by atoms with Gasteiger partial charge in [-0.25, -0.2) is 0 Å². The molecule has 0 aliphatic carbocycles. The van der Waals surface area contributed by atoms with Crippen molar-refractivity contribution in [2.45, 2.75) is 6.92 Å². The summed E-state index contributed by atoms with van der Waals surface area (Å²) in [5.41, 5.74) is 1.15. The lowest BCUT2D eigenvalue weighted by molar-refractivity contribution is 0.418. The third-order valence-electron chi connectivity index (χ3n) is 3.94. The molecular weight excluding hydrogens is 303 g/mol. The predicted molar refractivity (Wildman–Crippen MR) is 97.1 cm³/mol.